The lowest BCUT2D eigenvalue weighted by molar-refractivity contribution is -0.139. The second-order valence-electron chi connectivity index (χ2n) is 3.79. The van der Waals surface area contributed by atoms with Gasteiger partial charge in [-0.1, -0.05) is 11.6 Å². The minimum atomic E-state index is 0.0166. The standard InChI is InChI=1S/C11H12Cl2N2O2/c12-4-3-11(16)15-6-9(7-15)17-10-2-1-8(13)5-14-10/h1-2,5,9H,3-4,6-7H2. The van der Waals surface area contributed by atoms with E-state index in [1.54, 1.807) is 17.0 Å². The van der Waals surface area contributed by atoms with E-state index >= 15 is 0 Å². The average Bonchev–Trinajstić information content (AvgIpc) is 2.25. The Labute approximate surface area is 109 Å². The summed E-state index contributed by atoms with van der Waals surface area (Å²) < 4.78 is 5.57. The van der Waals surface area contributed by atoms with Gasteiger partial charge in [0, 0.05) is 24.6 Å². The topological polar surface area (TPSA) is 42.4 Å². The zero-order chi connectivity index (χ0) is 12.3. The Hall–Kier alpha value is -1.00. The molecule has 0 aliphatic carbocycles. The van der Waals surface area contributed by atoms with Crippen LogP contribution >= 0.6 is 23.2 Å². The summed E-state index contributed by atoms with van der Waals surface area (Å²) in [4.78, 5) is 17.2. The van der Waals surface area contributed by atoms with E-state index in [2.05, 4.69) is 4.98 Å². The Morgan fingerprint density at radius 2 is 2.29 bits per heavy atom. The van der Waals surface area contributed by atoms with E-state index in [4.69, 9.17) is 27.9 Å². The molecule has 0 unspecified atom stereocenters. The van der Waals surface area contributed by atoms with Crippen molar-refractivity contribution in [2.24, 2.45) is 0 Å². The van der Waals surface area contributed by atoms with Gasteiger partial charge in [-0.25, -0.2) is 4.98 Å². The van der Waals surface area contributed by atoms with Gasteiger partial charge < -0.3 is 9.64 Å². The molecule has 0 radical (unpaired) electrons. The third-order valence-electron chi connectivity index (χ3n) is 2.50. The molecule has 0 N–H and O–H groups in total. The molecule has 0 atom stereocenters. The molecule has 6 heteroatoms. The number of rotatable bonds is 4. The Bertz CT molecular complexity index is 391. The van der Waals surface area contributed by atoms with E-state index in [1.165, 1.54) is 6.20 Å². The summed E-state index contributed by atoms with van der Waals surface area (Å²) in [5.41, 5.74) is 0. The summed E-state index contributed by atoms with van der Waals surface area (Å²) in [6.45, 7) is 1.19. The molecule has 17 heavy (non-hydrogen) atoms. The fraction of sp³-hybridized carbons (Fsp3) is 0.455. The lowest BCUT2D eigenvalue weighted by atomic mass is 10.1. The van der Waals surface area contributed by atoms with Gasteiger partial charge in [0.25, 0.3) is 0 Å². The van der Waals surface area contributed by atoms with Crippen LogP contribution in [0, 0.1) is 0 Å². The number of pyridine rings is 1. The maximum Gasteiger partial charge on any atom is 0.224 e. The predicted molar refractivity (Wildman–Crippen MR) is 65.6 cm³/mol. The third kappa shape index (κ3) is 3.23. The molecule has 0 bridgehead atoms. The van der Waals surface area contributed by atoms with Crippen LogP contribution in [-0.2, 0) is 4.79 Å². The van der Waals surface area contributed by atoms with Gasteiger partial charge in [0.05, 0.1) is 18.1 Å². The van der Waals surface area contributed by atoms with Crippen molar-refractivity contribution in [2.45, 2.75) is 12.5 Å². The molecular weight excluding hydrogens is 263 g/mol. The summed E-state index contributed by atoms with van der Waals surface area (Å²) in [6.07, 6.45) is 1.93. The summed E-state index contributed by atoms with van der Waals surface area (Å²) in [6, 6.07) is 3.44. The van der Waals surface area contributed by atoms with Crippen molar-refractivity contribution in [3.8, 4) is 5.88 Å². The highest BCUT2D eigenvalue weighted by Gasteiger charge is 2.31. The van der Waals surface area contributed by atoms with Gasteiger partial charge in [-0.2, -0.15) is 0 Å². The van der Waals surface area contributed by atoms with E-state index in [0.29, 0.717) is 36.3 Å². The van der Waals surface area contributed by atoms with Crippen LogP contribution in [-0.4, -0.2) is 40.9 Å². The second-order valence-corrected chi connectivity index (χ2v) is 4.61. The Balaban J connectivity index is 1.77. The van der Waals surface area contributed by atoms with Crippen LogP contribution in [0.25, 0.3) is 0 Å². The molecule has 0 saturated carbocycles. The first-order chi connectivity index (χ1) is 8.19. The SMILES string of the molecule is O=C(CCCl)N1CC(Oc2ccc(Cl)cn2)C1. The van der Waals surface area contributed by atoms with Crippen LogP contribution in [0.2, 0.25) is 5.02 Å². The molecule has 4 nitrogen and oxygen atoms in total. The highest BCUT2D eigenvalue weighted by Crippen LogP contribution is 2.18. The number of likely N-dealkylation sites (tertiary alicyclic amines) is 1. The molecular formula is C11H12Cl2N2O2. The van der Waals surface area contributed by atoms with E-state index in [1.807, 2.05) is 0 Å². The molecule has 1 fully saturated rings. The minimum absolute atomic E-state index is 0.0166. The second kappa shape index (κ2) is 5.56. The fourth-order valence-electron chi connectivity index (χ4n) is 1.56. The molecule has 1 aliphatic rings. The zero-order valence-electron chi connectivity index (χ0n) is 9.10. The summed E-state index contributed by atoms with van der Waals surface area (Å²) in [5.74, 6) is 0.965. The van der Waals surface area contributed by atoms with Crippen molar-refractivity contribution in [2.75, 3.05) is 19.0 Å². The maximum absolute atomic E-state index is 11.4. The summed E-state index contributed by atoms with van der Waals surface area (Å²) in [7, 11) is 0. The summed E-state index contributed by atoms with van der Waals surface area (Å²) in [5, 5.41) is 0.574. The van der Waals surface area contributed by atoms with Crippen LogP contribution in [0.15, 0.2) is 18.3 Å². The average molecular weight is 275 g/mol. The van der Waals surface area contributed by atoms with Crippen molar-refractivity contribution in [3.63, 3.8) is 0 Å². The number of carbonyl (C=O) groups excluding carboxylic acids is 1. The van der Waals surface area contributed by atoms with Gasteiger partial charge in [0.2, 0.25) is 11.8 Å². The van der Waals surface area contributed by atoms with Gasteiger partial charge >= 0.3 is 0 Å². The Morgan fingerprint density at radius 3 is 2.88 bits per heavy atom. The van der Waals surface area contributed by atoms with E-state index in [0.717, 1.165) is 0 Å². The highest BCUT2D eigenvalue weighted by molar-refractivity contribution is 6.30. The first-order valence-electron chi connectivity index (χ1n) is 5.31. The third-order valence-corrected chi connectivity index (χ3v) is 2.91. The molecule has 1 amide bonds. The van der Waals surface area contributed by atoms with Gasteiger partial charge in [0.15, 0.2) is 0 Å². The lowest BCUT2D eigenvalue weighted by Crippen LogP contribution is -2.56. The number of amides is 1. The predicted octanol–water partition coefficient (Wildman–Crippen LogP) is 1.95. The molecule has 1 aromatic heterocycles. The fourth-order valence-corrected chi connectivity index (χ4v) is 1.83. The monoisotopic (exact) mass is 274 g/mol. The number of hydrogen-bond donors (Lipinski definition) is 0. The van der Waals surface area contributed by atoms with Crippen molar-refractivity contribution >= 4 is 29.1 Å². The van der Waals surface area contributed by atoms with Crippen LogP contribution in [0.5, 0.6) is 5.88 Å². The number of alkyl halides is 1. The first kappa shape index (κ1) is 12.5. The van der Waals surface area contributed by atoms with Crippen LogP contribution in [0.3, 0.4) is 0 Å². The normalized spacial score (nSPS) is 15.5. The quantitative estimate of drug-likeness (QED) is 0.789. The van der Waals surface area contributed by atoms with Crippen molar-refractivity contribution in [3.05, 3.63) is 23.4 Å². The van der Waals surface area contributed by atoms with Crippen molar-refractivity contribution in [1.82, 2.24) is 9.88 Å². The number of carbonyl (C=O) groups is 1. The van der Waals surface area contributed by atoms with Gasteiger partial charge in [-0.15, -0.1) is 11.6 Å². The molecule has 1 aromatic rings. The number of nitrogens with zero attached hydrogens (tertiary/aromatic N) is 2. The Morgan fingerprint density at radius 1 is 1.53 bits per heavy atom. The van der Waals surface area contributed by atoms with Crippen molar-refractivity contribution in [1.29, 1.82) is 0 Å². The van der Waals surface area contributed by atoms with Gasteiger partial charge in [-0.05, 0) is 6.07 Å². The number of aromatic nitrogens is 1. The van der Waals surface area contributed by atoms with Gasteiger partial charge in [0.1, 0.15) is 6.10 Å². The molecule has 2 heterocycles. The molecule has 0 aromatic carbocycles. The van der Waals surface area contributed by atoms with Crippen LogP contribution < -0.4 is 4.74 Å². The molecule has 2 rings (SSSR count). The molecule has 1 aliphatic heterocycles. The van der Waals surface area contributed by atoms with Crippen molar-refractivity contribution < 1.29 is 9.53 Å². The highest BCUT2D eigenvalue weighted by atomic mass is 35.5. The number of hydrogen-bond acceptors (Lipinski definition) is 3. The molecule has 0 spiro atoms. The molecule has 1 saturated heterocycles. The maximum atomic E-state index is 11.4. The van der Waals surface area contributed by atoms with Crippen LogP contribution in [0.1, 0.15) is 6.42 Å². The van der Waals surface area contributed by atoms with E-state index in [-0.39, 0.29) is 12.0 Å². The first-order valence-corrected chi connectivity index (χ1v) is 6.22. The largest absolute Gasteiger partial charge is 0.471 e. The number of ether oxygens (including phenoxy) is 1. The van der Waals surface area contributed by atoms with Gasteiger partial charge in [-0.3, -0.25) is 4.79 Å². The number of halogens is 2. The summed E-state index contributed by atoms with van der Waals surface area (Å²) >= 11 is 11.2. The lowest BCUT2D eigenvalue weighted by Gasteiger charge is -2.38. The minimum Gasteiger partial charge on any atom is -0.471 e. The van der Waals surface area contributed by atoms with E-state index in [9.17, 15) is 4.79 Å². The Kier molecular flexibility index (Phi) is 4.07. The van der Waals surface area contributed by atoms with E-state index < -0.39 is 0 Å². The smallest absolute Gasteiger partial charge is 0.224 e. The molecule has 92 valence electrons. The zero-order valence-corrected chi connectivity index (χ0v) is 10.6. The van der Waals surface area contributed by atoms with Crippen LogP contribution in [0.4, 0.5) is 0 Å².